The minimum absolute atomic E-state index is 0.0610. The van der Waals surface area contributed by atoms with Crippen molar-refractivity contribution >= 4 is 5.91 Å². The van der Waals surface area contributed by atoms with Gasteiger partial charge in [-0.3, -0.25) is 4.79 Å². The third kappa shape index (κ3) is 6.10. The van der Waals surface area contributed by atoms with Gasteiger partial charge in [0.2, 0.25) is 5.91 Å². The van der Waals surface area contributed by atoms with Gasteiger partial charge in [0.25, 0.3) is 0 Å². The van der Waals surface area contributed by atoms with Crippen molar-refractivity contribution in [1.82, 2.24) is 4.90 Å². The first-order valence-electron chi connectivity index (χ1n) is 12.3. The molecule has 4 nitrogen and oxygen atoms in total. The monoisotopic (exact) mass is 429 g/mol. The fraction of sp³-hybridized carbons (Fsp3) is 0.741. The molecule has 2 heterocycles. The van der Waals surface area contributed by atoms with Crippen LogP contribution in [0, 0.1) is 5.92 Å². The van der Waals surface area contributed by atoms with Gasteiger partial charge in [0.15, 0.2) is 0 Å². The average Bonchev–Trinajstić information content (AvgIpc) is 2.76. The molecule has 2 aliphatic rings. The topological polar surface area (TPSA) is 38.8 Å². The maximum atomic E-state index is 12.9. The molecular weight excluding hydrogens is 386 g/mol. The summed E-state index contributed by atoms with van der Waals surface area (Å²) in [5.41, 5.74) is 1.27. The highest BCUT2D eigenvalue weighted by Gasteiger charge is 2.43. The Morgan fingerprint density at radius 3 is 2.48 bits per heavy atom. The van der Waals surface area contributed by atoms with Gasteiger partial charge in [0.1, 0.15) is 0 Å². The van der Waals surface area contributed by atoms with E-state index in [2.05, 4.69) is 62.9 Å². The van der Waals surface area contributed by atoms with Gasteiger partial charge in [-0.15, -0.1) is 0 Å². The largest absolute Gasteiger partial charge is 0.376 e. The van der Waals surface area contributed by atoms with Crippen molar-refractivity contribution in [3.05, 3.63) is 35.9 Å². The SMILES string of the molecule is CCC(=O)N(CCC1(c2ccccc2)CCOC(C)(CC)C1)CC1CCOC(C)(C)C1. The quantitative estimate of drug-likeness (QED) is 0.529. The first-order valence-corrected chi connectivity index (χ1v) is 12.3. The summed E-state index contributed by atoms with van der Waals surface area (Å²) in [6.07, 6.45) is 6.67. The van der Waals surface area contributed by atoms with Gasteiger partial charge in [0, 0.05) is 38.1 Å². The Morgan fingerprint density at radius 1 is 1.10 bits per heavy atom. The van der Waals surface area contributed by atoms with Crippen LogP contribution in [0.4, 0.5) is 0 Å². The lowest BCUT2D eigenvalue weighted by molar-refractivity contribution is -0.134. The van der Waals surface area contributed by atoms with E-state index in [-0.39, 0.29) is 22.5 Å². The Balaban J connectivity index is 1.78. The van der Waals surface area contributed by atoms with E-state index in [1.165, 1.54) is 5.56 Å². The third-order valence-corrected chi connectivity index (χ3v) is 7.67. The number of amides is 1. The van der Waals surface area contributed by atoms with Crippen LogP contribution in [0.5, 0.6) is 0 Å². The molecular formula is C27H43NO3. The maximum Gasteiger partial charge on any atom is 0.222 e. The first-order chi connectivity index (χ1) is 14.7. The Bertz CT molecular complexity index is 718. The summed E-state index contributed by atoms with van der Waals surface area (Å²) in [5.74, 6) is 0.792. The molecule has 0 spiro atoms. The van der Waals surface area contributed by atoms with Crippen LogP contribution in [0.3, 0.4) is 0 Å². The van der Waals surface area contributed by atoms with Gasteiger partial charge in [-0.25, -0.2) is 0 Å². The second kappa shape index (κ2) is 10.0. The van der Waals surface area contributed by atoms with Crippen LogP contribution in [-0.4, -0.2) is 48.3 Å². The van der Waals surface area contributed by atoms with E-state index >= 15 is 0 Å². The number of hydrogen-bond donors (Lipinski definition) is 0. The van der Waals surface area contributed by atoms with Crippen molar-refractivity contribution in [2.45, 2.75) is 96.2 Å². The number of carbonyl (C=O) groups is 1. The molecule has 1 aromatic carbocycles. The van der Waals surface area contributed by atoms with Crippen LogP contribution in [0.25, 0.3) is 0 Å². The molecule has 0 N–H and O–H groups in total. The summed E-state index contributed by atoms with van der Waals surface area (Å²) in [7, 11) is 0. The normalized spacial score (nSPS) is 30.7. The summed E-state index contributed by atoms with van der Waals surface area (Å²) in [5, 5.41) is 0. The number of nitrogens with zero attached hydrogens (tertiary/aromatic N) is 1. The van der Waals surface area contributed by atoms with Crippen LogP contribution in [-0.2, 0) is 19.7 Å². The van der Waals surface area contributed by atoms with Crippen LogP contribution in [0.15, 0.2) is 30.3 Å². The molecule has 0 saturated carbocycles. The van der Waals surface area contributed by atoms with Gasteiger partial charge >= 0.3 is 0 Å². The minimum atomic E-state index is -0.0988. The number of carbonyl (C=O) groups excluding carboxylic acids is 1. The lowest BCUT2D eigenvalue weighted by Gasteiger charge is -2.47. The molecule has 2 fully saturated rings. The van der Waals surface area contributed by atoms with Crippen molar-refractivity contribution < 1.29 is 14.3 Å². The molecule has 2 saturated heterocycles. The van der Waals surface area contributed by atoms with Gasteiger partial charge in [0.05, 0.1) is 11.2 Å². The van der Waals surface area contributed by atoms with E-state index in [0.29, 0.717) is 12.3 Å². The zero-order chi connectivity index (χ0) is 22.5. The smallest absolute Gasteiger partial charge is 0.222 e. The fourth-order valence-electron chi connectivity index (χ4n) is 5.69. The standard InChI is InChI=1S/C27H43NO3/c1-6-24(29)28(20-22-13-17-30-25(3,4)19-22)16-14-27(23-11-9-8-10-12-23)15-18-31-26(5,7-2)21-27/h8-12,22H,6-7,13-21H2,1-5H3. The number of benzene rings is 1. The lowest BCUT2D eigenvalue weighted by atomic mass is 9.66. The van der Waals surface area contributed by atoms with E-state index in [9.17, 15) is 4.79 Å². The summed E-state index contributed by atoms with van der Waals surface area (Å²) >= 11 is 0. The molecule has 3 atom stereocenters. The van der Waals surface area contributed by atoms with Crippen LogP contribution in [0.1, 0.15) is 85.1 Å². The molecule has 31 heavy (non-hydrogen) atoms. The molecule has 0 aliphatic carbocycles. The Morgan fingerprint density at radius 2 is 1.84 bits per heavy atom. The van der Waals surface area contributed by atoms with Crippen molar-refractivity contribution in [1.29, 1.82) is 0 Å². The second-order valence-corrected chi connectivity index (χ2v) is 10.6. The Kier molecular flexibility index (Phi) is 7.86. The van der Waals surface area contributed by atoms with Gasteiger partial charge in [-0.2, -0.15) is 0 Å². The Labute approximate surface area is 189 Å². The highest BCUT2D eigenvalue weighted by atomic mass is 16.5. The summed E-state index contributed by atoms with van der Waals surface area (Å²) in [6, 6.07) is 10.9. The van der Waals surface area contributed by atoms with E-state index in [1.54, 1.807) is 0 Å². The lowest BCUT2D eigenvalue weighted by Crippen LogP contribution is -2.48. The fourth-order valence-corrected chi connectivity index (χ4v) is 5.69. The van der Waals surface area contributed by atoms with Crippen molar-refractivity contribution in [2.75, 3.05) is 26.3 Å². The minimum Gasteiger partial charge on any atom is -0.376 e. The van der Waals surface area contributed by atoms with Gasteiger partial charge < -0.3 is 14.4 Å². The van der Waals surface area contributed by atoms with E-state index < -0.39 is 0 Å². The zero-order valence-electron chi connectivity index (χ0n) is 20.4. The predicted octanol–water partition coefficient (Wildman–Crippen LogP) is 5.74. The molecule has 4 heteroatoms. The number of rotatable bonds is 8. The van der Waals surface area contributed by atoms with Crippen molar-refractivity contribution in [3.8, 4) is 0 Å². The first kappa shape index (κ1) is 24.3. The molecule has 0 bridgehead atoms. The number of hydrogen-bond acceptors (Lipinski definition) is 3. The molecule has 174 valence electrons. The predicted molar refractivity (Wildman–Crippen MR) is 126 cm³/mol. The molecule has 3 unspecified atom stereocenters. The molecule has 1 aromatic rings. The van der Waals surface area contributed by atoms with E-state index in [1.807, 2.05) is 6.92 Å². The number of ether oxygens (including phenoxy) is 2. The van der Waals surface area contributed by atoms with E-state index in [4.69, 9.17) is 9.47 Å². The summed E-state index contributed by atoms with van der Waals surface area (Å²) in [4.78, 5) is 15.1. The molecule has 0 aromatic heterocycles. The van der Waals surface area contributed by atoms with E-state index in [0.717, 1.165) is 64.8 Å². The highest BCUT2D eigenvalue weighted by molar-refractivity contribution is 5.75. The summed E-state index contributed by atoms with van der Waals surface area (Å²) < 4.78 is 12.1. The van der Waals surface area contributed by atoms with Crippen molar-refractivity contribution in [3.63, 3.8) is 0 Å². The zero-order valence-corrected chi connectivity index (χ0v) is 20.4. The molecule has 3 rings (SSSR count). The molecule has 0 radical (unpaired) electrons. The van der Waals surface area contributed by atoms with Crippen LogP contribution < -0.4 is 0 Å². The Hall–Kier alpha value is -1.39. The third-order valence-electron chi connectivity index (χ3n) is 7.67. The molecule has 2 aliphatic heterocycles. The summed E-state index contributed by atoms with van der Waals surface area (Å²) in [6.45, 7) is 14.1. The van der Waals surface area contributed by atoms with Crippen LogP contribution >= 0.6 is 0 Å². The molecule has 1 amide bonds. The maximum absolute atomic E-state index is 12.9. The van der Waals surface area contributed by atoms with Gasteiger partial charge in [-0.05, 0) is 70.8 Å². The average molecular weight is 430 g/mol. The van der Waals surface area contributed by atoms with Crippen molar-refractivity contribution in [2.24, 2.45) is 5.92 Å². The van der Waals surface area contributed by atoms with Gasteiger partial charge in [-0.1, -0.05) is 44.2 Å². The van der Waals surface area contributed by atoms with Crippen LogP contribution in [0.2, 0.25) is 0 Å². The second-order valence-electron chi connectivity index (χ2n) is 10.6. The highest BCUT2D eigenvalue weighted by Crippen LogP contribution is 2.45.